The molecule has 122 valence electrons. The first-order valence-corrected chi connectivity index (χ1v) is 7.94. The molecule has 0 spiro atoms. The summed E-state index contributed by atoms with van der Waals surface area (Å²) < 4.78 is 29.2. The first kappa shape index (κ1) is 17.1. The molecule has 0 aliphatic heterocycles. The fourth-order valence-electron chi connectivity index (χ4n) is 2.65. The zero-order chi connectivity index (χ0) is 16.1. The molecule has 1 fully saturated rings. The van der Waals surface area contributed by atoms with E-state index in [9.17, 15) is 13.6 Å². The van der Waals surface area contributed by atoms with Crippen molar-refractivity contribution in [3.05, 3.63) is 28.2 Å². The number of carbonyl (C=O) groups is 1. The summed E-state index contributed by atoms with van der Waals surface area (Å²) in [6, 6.07) is 5.28. The molecule has 2 N–H and O–H groups in total. The van der Waals surface area contributed by atoms with Gasteiger partial charge >= 0.3 is 12.6 Å². The SMILES string of the molecule is O=C(O)C1CCC(NCc2ccc(OC(F)F)c(Br)c2)CC1. The number of ether oxygens (including phenoxy) is 1. The zero-order valence-electron chi connectivity index (χ0n) is 11.9. The van der Waals surface area contributed by atoms with Gasteiger partial charge in [0.25, 0.3) is 0 Å². The molecule has 0 radical (unpaired) electrons. The number of rotatable bonds is 6. The quantitative estimate of drug-likeness (QED) is 0.791. The summed E-state index contributed by atoms with van der Waals surface area (Å²) in [5, 5.41) is 12.3. The molecule has 0 amide bonds. The molecule has 4 nitrogen and oxygen atoms in total. The Morgan fingerprint density at radius 3 is 2.59 bits per heavy atom. The van der Waals surface area contributed by atoms with E-state index in [1.54, 1.807) is 12.1 Å². The number of hydrogen-bond donors (Lipinski definition) is 2. The van der Waals surface area contributed by atoms with E-state index in [1.807, 2.05) is 0 Å². The van der Waals surface area contributed by atoms with Crippen LogP contribution in [0.1, 0.15) is 31.2 Å². The summed E-state index contributed by atoms with van der Waals surface area (Å²) >= 11 is 3.21. The summed E-state index contributed by atoms with van der Waals surface area (Å²) in [6.45, 7) is -2.24. The maximum Gasteiger partial charge on any atom is 0.387 e. The predicted molar refractivity (Wildman–Crippen MR) is 81.0 cm³/mol. The van der Waals surface area contributed by atoms with Gasteiger partial charge in [-0.1, -0.05) is 6.07 Å². The Bertz CT molecular complexity index is 520. The molecule has 0 heterocycles. The summed E-state index contributed by atoms with van der Waals surface area (Å²) in [6.07, 6.45) is 3.06. The Kier molecular flexibility index (Phi) is 6.14. The van der Waals surface area contributed by atoms with Gasteiger partial charge in [-0.3, -0.25) is 4.79 Å². The van der Waals surface area contributed by atoms with Crippen molar-refractivity contribution in [2.24, 2.45) is 5.92 Å². The van der Waals surface area contributed by atoms with Crippen LogP contribution in [0.3, 0.4) is 0 Å². The molecule has 0 atom stereocenters. The van der Waals surface area contributed by atoms with Crippen molar-refractivity contribution in [2.45, 2.75) is 44.9 Å². The lowest BCUT2D eigenvalue weighted by atomic mass is 9.86. The minimum Gasteiger partial charge on any atom is -0.481 e. The van der Waals surface area contributed by atoms with Crippen LogP contribution in [0.25, 0.3) is 0 Å². The third-order valence-electron chi connectivity index (χ3n) is 3.88. The Morgan fingerprint density at radius 2 is 2.05 bits per heavy atom. The van der Waals surface area contributed by atoms with Gasteiger partial charge in [0.05, 0.1) is 10.4 Å². The molecule has 1 aliphatic rings. The van der Waals surface area contributed by atoms with Crippen molar-refractivity contribution in [1.82, 2.24) is 5.32 Å². The molecule has 7 heteroatoms. The minimum atomic E-state index is -2.84. The monoisotopic (exact) mass is 377 g/mol. The summed E-state index contributed by atoms with van der Waals surface area (Å²) in [4.78, 5) is 10.9. The van der Waals surface area contributed by atoms with E-state index in [1.165, 1.54) is 6.07 Å². The standard InChI is InChI=1S/C15H18BrF2NO3/c16-12-7-9(1-6-13(12)22-15(17)18)8-19-11-4-2-10(3-5-11)14(20)21/h1,6-7,10-11,15,19H,2-5,8H2,(H,20,21). The second kappa shape index (κ2) is 7.87. The van der Waals surface area contributed by atoms with Crippen molar-refractivity contribution in [3.63, 3.8) is 0 Å². The van der Waals surface area contributed by atoms with E-state index < -0.39 is 12.6 Å². The maximum atomic E-state index is 12.2. The molecule has 0 bridgehead atoms. The van der Waals surface area contributed by atoms with Gasteiger partial charge in [-0.15, -0.1) is 0 Å². The topological polar surface area (TPSA) is 58.6 Å². The van der Waals surface area contributed by atoms with Gasteiger partial charge in [0, 0.05) is 12.6 Å². The molecule has 1 aromatic rings. The third-order valence-corrected chi connectivity index (χ3v) is 4.50. The van der Waals surface area contributed by atoms with Crippen molar-refractivity contribution < 1.29 is 23.4 Å². The van der Waals surface area contributed by atoms with Gasteiger partial charge in [0.15, 0.2) is 0 Å². The average Bonchev–Trinajstić information content (AvgIpc) is 2.47. The largest absolute Gasteiger partial charge is 0.481 e. The minimum absolute atomic E-state index is 0.112. The van der Waals surface area contributed by atoms with E-state index in [4.69, 9.17) is 5.11 Å². The molecule has 0 unspecified atom stereocenters. The highest BCUT2D eigenvalue weighted by Crippen LogP contribution is 2.28. The van der Waals surface area contributed by atoms with E-state index >= 15 is 0 Å². The van der Waals surface area contributed by atoms with Crippen molar-refractivity contribution in [2.75, 3.05) is 0 Å². The molecule has 1 aromatic carbocycles. The van der Waals surface area contributed by atoms with Crippen LogP contribution in [0.4, 0.5) is 8.78 Å². The summed E-state index contributed by atoms with van der Waals surface area (Å²) in [5.41, 5.74) is 0.953. The summed E-state index contributed by atoms with van der Waals surface area (Å²) in [7, 11) is 0. The van der Waals surface area contributed by atoms with E-state index in [0.29, 0.717) is 29.9 Å². The summed E-state index contributed by atoms with van der Waals surface area (Å²) in [5.74, 6) is -0.823. The number of aliphatic carboxylic acids is 1. The molecule has 1 saturated carbocycles. The van der Waals surface area contributed by atoms with Crippen LogP contribution in [0.2, 0.25) is 0 Å². The van der Waals surface area contributed by atoms with Crippen LogP contribution < -0.4 is 10.1 Å². The average molecular weight is 378 g/mol. The molecule has 1 aliphatic carbocycles. The van der Waals surface area contributed by atoms with E-state index in [2.05, 4.69) is 26.0 Å². The Hall–Kier alpha value is -1.21. The molecule has 2 rings (SSSR count). The third kappa shape index (κ3) is 4.91. The number of carboxylic acid groups (broad SMARTS) is 1. The number of carboxylic acids is 1. The smallest absolute Gasteiger partial charge is 0.387 e. The lowest BCUT2D eigenvalue weighted by Gasteiger charge is -2.27. The first-order valence-electron chi connectivity index (χ1n) is 7.15. The Morgan fingerprint density at radius 1 is 1.36 bits per heavy atom. The van der Waals surface area contributed by atoms with Crippen LogP contribution in [0.5, 0.6) is 5.75 Å². The lowest BCUT2D eigenvalue weighted by molar-refractivity contribution is -0.142. The highest BCUT2D eigenvalue weighted by molar-refractivity contribution is 9.10. The van der Waals surface area contributed by atoms with E-state index in [0.717, 1.165) is 18.4 Å². The number of hydrogen-bond acceptors (Lipinski definition) is 3. The van der Waals surface area contributed by atoms with Gasteiger partial charge < -0.3 is 15.2 Å². The van der Waals surface area contributed by atoms with Crippen molar-refractivity contribution >= 4 is 21.9 Å². The molecule has 0 saturated heterocycles. The maximum absolute atomic E-state index is 12.2. The van der Waals surface area contributed by atoms with Crippen LogP contribution in [0.15, 0.2) is 22.7 Å². The second-order valence-electron chi connectivity index (χ2n) is 5.41. The van der Waals surface area contributed by atoms with Crippen molar-refractivity contribution in [1.29, 1.82) is 0 Å². The van der Waals surface area contributed by atoms with Gasteiger partial charge in [-0.25, -0.2) is 0 Å². The van der Waals surface area contributed by atoms with Gasteiger partial charge in [-0.05, 0) is 59.3 Å². The molecule has 22 heavy (non-hydrogen) atoms. The van der Waals surface area contributed by atoms with Crippen LogP contribution in [-0.4, -0.2) is 23.7 Å². The first-order chi connectivity index (χ1) is 10.5. The highest BCUT2D eigenvalue weighted by atomic mass is 79.9. The van der Waals surface area contributed by atoms with Gasteiger partial charge in [0.1, 0.15) is 5.75 Å². The Labute approximate surface area is 136 Å². The normalized spacial score (nSPS) is 21.8. The fraction of sp³-hybridized carbons (Fsp3) is 0.533. The number of halogens is 3. The van der Waals surface area contributed by atoms with Gasteiger partial charge in [0.2, 0.25) is 0 Å². The molecular formula is C15H18BrF2NO3. The van der Waals surface area contributed by atoms with Crippen LogP contribution in [0, 0.1) is 5.92 Å². The predicted octanol–water partition coefficient (Wildman–Crippen LogP) is 3.78. The number of benzene rings is 1. The van der Waals surface area contributed by atoms with Crippen molar-refractivity contribution in [3.8, 4) is 5.75 Å². The second-order valence-corrected chi connectivity index (χ2v) is 6.27. The molecule has 0 aromatic heterocycles. The Balaban J connectivity index is 1.82. The van der Waals surface area contributed by atoms with Crippen LogP contribution >= 0.6 is 15.9 Å². The zero-order valence-corrected chi connectivity index (χ0v) is 13.5. The number of nitrogens with one attached hydrogen (secondary N) is 1. The van der Waals surface area contributed by atoms with Gasteiger partial charge in [-0.2, -0.15) is 8.78 Å². The highest BCUT2D eigenvalue weighted by Gasteiger charge is 2.25. The lowest BCUT2D eigenvalue weighted by Crippen LogP contribution is -2.34. The van der Waals surface area contributed by atoms with Crippen LogP contribution in [-0.2, 0) is 11.3 Å². The fourth-order valence-corrected chi connectivity index (χ4v) is 3.17. The number of alkyl halides is 2. The van der Waals surface area contributed by atoms with E-state index in [-0.39, 0.29) is 11.7 Å². The molecular weight excluding hydrogens is 360 g/mol.